The highest BCUT2D eigenvalue weighted by Gasteiger charge is 2.16. The standard InChI is InChI=1S/C17H19N7O3/c25-17(14-9-16(27-22-14)15-11-18-1-2-19-15)21-13-10-20-24(12-13)4-3-23-5-7-26-8-6-23/h1-2,9-12H,3-8H2,(H,21,25). The lowest BCUT2D eigenvalue weighted by Gasteiger charge is -2.26. The molecule has 4 heterocycles. The third-order valence-electron chi connectivity index (χ3n) is 4.20. The number of nitrogens with zero attached hydrogens (tertiary/aromatic N) is 6. The van der Waals surface area contributed by atoms with E-state index in [1.807, 2.05) is 0 Å². The minimum Gasteiger partial charge on any atom is -0.379 e. The maximum atomic E-state index is 12.3. The highest BCUT2D eigenvalue weighted by Crippen LogP contribution is 2.17. The summed E-state index contributed by atoms with van der Waals surface area (Å²) in [5.74, 6) is 0.0103. The fourth-order valence-corrected chi connectivity index (χ4v) is 2.74. The van der Waals surface area contributed by atoms with Crippen molar-refractivity contribution in [2.45, 2.75) is 6.54 Å². The van der Waals surface area contributed by atoms with Crippen LogP contribution >= 0.6 is 0 Å². The zero-order chi connectivity index (χ0) is 18.5. The van der Waals surface area contributed by atoms with Crippen LogP contribution < -0.4 is 5.32 Å². The van der Waals surface area contributed by atoms with E-state index in [2.05, 4.69) is 30.4 Å². The molecule has 10 nitrogen and oxygen atoms in total. The van der Waals surface area contributed by atoms with Gasteiger partial charge in [0, 0.05) is 44.3 Å². The van der Waals surface area contributed by atoms with Crippen LogP contribution in [0, 0.1) is 0 Å². The summed E-state index contributed by atoms with van der Waals surface area (Å²) in [4.78, 5) is 22.8. The van der Waals surface area contributed by atoms with Crippen LogP contribution in [0.5, 0.6) is 0 Å². The molecule has 0 spiro atoms. The van der Waals surface area contributed by atoms with Gasteiger partial charge in [-0.1, -0.05) is 5.16 Å². The number of hydrogen-bond donors (Lipinski definition) is 1. The first-order valence-corrected chi connectivity index (χ1v) is 8.65. The Morgan fingerprint density at radius 1 is 1.19 bits per heavy atom. The number of aromatic nitrogens is 5. The SMILES string of the molecule is O=C(Nc1cnn(CCN2CCOCC2)c1)c1cc(-c2cnccn2)on1. The number of rotatable bonds is 6. The fraction of sp³-hybridized carbons (Fsp3) is 0.353. The molecule has 0 atom stereocenters. The average molecular weight is 369 g/mol. The minimum absolute atomic E-state index is 0.164. The van der Waals surface area contributed by atoms with Crippen LogP contribution in [0.1, 0.15) is 10.5 Å². The van der Waals surface area contributed by atoms with Crippen molar-refractivity contribution in [2.24, 2.45) is 0 Å². The van der Waals surface area contributed by atoms with Crippen molar-refractivity contribution in [1.29, 1.82) is 0 Å². The molecular formula is C17H19N7O3. The van der Waals surface area contributed by atoms with E-state index in [0.717, 1.165) is 39.4 Å². The van der Waals surface area contributed by atoms with Crippen LogP contribution in [-0.2, 0) is 11.3 Å². The molecule has 0 radical (unpaired) electrons. The molecule has 1 fully saturated rings. The first-order valence-electron chi connectivity index (χ1n) is 8.65. The fourth-order valence-electron chi connectivity index (χ4n) is 2.74. The first kappa shape index (κ1) is 17.3. The smallest absolute Gasteiger partial charge is 0.277 e. The number of carbonyl (C=O) groups is 1. The topological polar surface area (TPSA) is 111 Å². The van der Waals surface area contributed by atoms with E-state index in [0.29, 0.717) is 17.1 Å². The summed E-state index contributed by atoms with van der Waals surface area (Å²) in [6.45, 7) is 5.06. The number of carbonyl (C=O) groups excluding carboxylic acids is 1. The van der Waals surface area contributed by atoms with Crippen LogP contribution in [0.4, 0.5) is 5.69 Å². The maximum absolute atomic E-state index is 12.3. The number of ether oxygens (including phenoxy) is 1. The average Bonchev–Trinajstić information content (AvgIpc) is 3.38. The van der Waals surface area contributed by atoms with Gasteiger partial charge in [0.05, 0.1) is 37.8 Å². The zero-order valence-corrected chi connectivity index (χ0v) is 14.6. The summed E-state index contributed by atoms with van der Waals surface area (Å²) in [6, 6.07) is 1.53. The predicted molar refractivity (Wildman–Crippen MR) is 95.0 cm³/mol. The molecular weight excluding hydrogens is 350 g/mol. The Morgan fingerprint density at radius 2 is 2.07 bits per heavy atom. The van der Waals surface area contributed by atoms with Crippen molar-refractivity contribution in [3.8, 4) is 11.5 Å². The number of nitrogens with one attached hydrogen (secondary N) is 1. The lowest BCUT2D eigenvalue weighted by molar-refractivity contribution is 0.0360. The summed E-state index contributed by atoms with van der Waals surface area (Å²) in [5.41, 5.74) is 1.28. The van der Waals surface area contributed by atoms with Crippen molar-refractivity contribution in [3.05, 3.63) is 42.7 Å². The highest BCUT2D eigenvalue weighted by molar-refractivity contribution is 6.03. The first-order chi connectivity index (χ1) is 13.3. The number of morpholine rings is 1. The normalized spacial score (nSPS) is 15.0. The molecule has 140 valence electrons. The van der Waals surface area contributed by atoms with Crippen LogP contribution in [0.2, 0.25) is 0 Å². The van der Waals surface area contributed by atoms with Gasteiger partial charge in [0.15, 0.2) is 11.5 Å². The van der Waals surface area contributed by atoms with Crippen molar-refractivity contribution in [2.75, 3.05) is 38.2 Å². The highest BCUT2D eigenvalue weighted by atomic mass is 16.5. The van der Waals surface area contributed by atoms with Crippen LogP contribution in [0.3, 0.4) is 0 Å². The molecule has 10 heteroatoms. The van der Waals surface area contributed by atoms with Crippen LogP contribution in [0.25, 0.3) is 11.5 Å². The molecule has 0 bridgehead atoms. The Balaban J connectivity index is 1.33. The van der Waals surface area contributed by atoms with Gasteiger partial charge in [0.25, 0.3) is 5.91 Å². The predicted octanol–water partition coefficient (Wildman–Crippen LogP) is 0.913. The van der Waals surface area contributed by atoms with Gasteiger partial charge in [-0.15, -0.1) is 0 Å². The van der Waals surface area contributed by atoms with Gasteiger partial charge >= 0.3 is 0 Å². The summed E-state index contributed by atoms with van der Waals surface area (Å²) < 4.78 is 12.3. The largest absolute Gasteiger partial charge is 0.379 e. The molecule has 1 aliphatic heterocycles. The van der Waals surface area contributed by atoms with E-state index in [9.17, 15) is 4.79 Å². The third-order valence-corrected chi connectivity index (χ3v) is 4.20. The van der Waals surface area contributed by atoms with Gasteiger partial charge in [-0.3, -0.25) is 19.4 Å². The Bertz CT molecular complexity index is 887. The second kappa shape index (κ2) is 8.06. The van der Waals surface area contributed by atoms with Gasteiger partial charge in [-0.05, 0) is 0 Å². The van der Waals surface area contributed by atoms with Crippen molar-refractivity contribution in [1.82, 2.24) is 29.8 Å². The van der Waals surface area contributed by atoms with Gasteiger partial charge in [0.1, 0.15) is 5.69 Å². The van der Waals surface area contributed by atoms with E-state index >= 15 is 0 Å². The molecule has 0 unspecified atom stereocenters. The van der Waals surface area contributed by atoms with Gasteiger partial charge in [0.2, 0.25) is 0 Å². The quantitative estimate of drug-likeness (QED) is 0.683. The van der Waals surface area contributed by atoms with E-state index < -0.39 is 0 Å². The van der Waals surface area contributed by atoms with E-state index in [-0.39, 0.29) is 11.6 Å². The van der Waals surface area contributed by atoms with Crippen molar-refractivity contribution < 1.29 is 14.1 Å². The lowest BCUT2D eigenvalue weighted by Crippen LogP contribution is -2.38. The number of hydrogen-bond acceptors (Lipinski definition) is 8. The second-order valence-corrected chi connectivity index (χ2v) is 6.07. The second-order valence-electron chi connectivity index (χ2n) is 6.07. The van der Waals surface area contributed by atoms with Crippen molar-refractivity contribution >= 4 is 11.6 Å². The summed E-state index contributed by atoms with van der Waals surface area (Å²) >= 11 is 0. The van der Waals surface area contributed by atoms with Crippen molar-refractivity contribution in [3.63, 3.8) is 0 Å². The molecule has 3 aromatic rings. The Morgan fingerprint density at radius 3 is 2.89 bits per heavy atom. The zero-order valence-electron chi connectivity index (χ0n) is 14.6. The van der Waals surface area contributed by atoms with Crippen LogP contribution in [0.15, 0.2) is 41.6 Å². The Kier molecular flexibility index (Phi) is 5.17. The molecule has 4 rings (SSSR count). The van der Waals surface area contributed by atoms with E-state index in [1.54, 1.807) is 35.7 Å². The molecule has 27 heavy (non-hydrogen) atoms. The molecule has 1 aliphatic rings. The molecule has 0 aromatic carbocycles. The molecule has 0 aliphatic carbocycles. The molecule has 1 saturated heterocycles. The lowest BCUT2D eigenvalue weighted by atomic mass is 10.3. The molecule has 3 aromatic heterocycles. The summed E-state index contributed by atoms with van der Waals surface area (Å²) in [5, 5.41) is 10.8. The van der Waals surface area contributed by atoms with Gasteiger partial charge in [-0.25, -0.2) is 4.98 Å². The van der Waals surface area contributed by atoms with E-state index in [1.165, 1.54) is 6.07 Å². The monoisotopic (exact) mass is 369 g/mol. The van der Waals surface area contributed by atoms with Crippen LogP contribution in [-0.4, -0.2) is 68.6 Å². The third kappa shape index (κ3) is 4.36. The Hall–Kier alpha value is -3.11. The summed E-state index contributed by atoms with van der Waals surface area (Å²) in [7, 11) is 0. The number of amides is 1. The molecule has 1 amide bonds. The van der Waals surface area contributed by atoms with Gasteiger partial charge in [-0.2, -0.15) is 5.10 Å². The summed E-state index contributed by atoms with van der Waals surface area (Å²) in [6.07, 6.45) is 8.05. The minimum atomic E-state index is -0.374. The number of anilines is 1. The van der Waals surface area contributed by atoms with E-state index in [4.69, 9.17) is 9.26 Å². The molecule has 1 N–H and O–H groups in total. The maximum Gasteiger partial charge on any atom is 0.277 e. The van der Waals surface area contributed by atoms with Gasteiger partial charge < -0.3 is 14.6 Å². The molecule has 0 saturated carbocycles. The Labute approximate surface area is 155 Å².